The van der Waals surface area contributed by atoms with E-state index in [0.29, 0.717) is 0 Å². The molecule has 0 aromatic heterocycles. The summed E-state index contributed by atoms with van der Waals surface area (Å²) in [6.07, 6.45) is 1.59. The van der Waals surface area contributed by atoms with Gasteiger partial charge in [0, 0.05) is 12.2 Å². The molecule has 3 N–H and O–H groups in total. The topological polar surface area (TPSA) is 86.6 Å². The third-order valence-corrected chi connectivity index (χ3v) is 1.54. The number of phenols is 1. The van der Waals surface area contributed by atoms with Crippen LogP contribution < -0.4 is 5.32 Å². The van der Waals surface area contributed by atoms with E-state index in [0.717, 1.165) is 12.2 Å². The van der Waals surface area contributed by atoms with E-state index in [1.165, 1.54) is 12.1 Å². The number of carboxylic acids is 1. The number of anilines is 1. The highest BCUT2D eigenvalue weighted by Crippen LogP contribution is 2.21. The van der Waals surface area contributed by atoms with Crippen LogP contribution in [0.1, 0.15) is 0 Å². The highest BCUT2D eigenvalue weighted by molar-refractivity contribution is 6.02. The molecule has 78 valence electrons. The molecule has 1 rings (SSSR count). The second-order valence-electron chi connectivity index (χ2n) is 2.68. The molecule has 0 radical (unpaired) electrons. The molecule has 5 nitrogen and oxygen atoms in total. The monoisotopic (exact) mass is 207 g/mol. The minimum Gasteiger partial charge on any atom is -0.506 e. The van der Waals surface area contributed by atoms with Gasteiger partial charge in [-0.25, -0.2) is 4.79 Å². The third-order valence-electron chi connectivity index (χ3n) is 1.54. The second-order valence-corrected chi connectivity index (χ2v) is 2.68. The van der Waals surface area contributed by atoms with Crippen LogP contribution in [-0.2, 0) is 9.59 Å². The normalized spacial score (nSPS) is 10.1. The van der Waals surface area contributed by atoms with Gasteiger partial charge in [0.25, 0.3) is 0 Å². The number of carbonyl (C=O) groups excluding carboxylic acids is 1. The van der Waals surface area contributed by atoms with Crippen LogP contribution in [0, 0.1) is 0 Å². The minimum atomic E-state index is -1.21. The molecule has 0 atom stereocenters. The van der Waals surface area contributed by atoms with Crippen LogP contribution in [0.4, 0.5) is 5.69 Å². The van der Waals surface area contributed by atoms with Crippen molar-refractivity contribution < 1.29 is 19.8 Å². The second kappa shape index (κ2) is 4.80. The van der Waals surface area contributed by atoms with Crippen LogP contribution in [0.25, 0.3) is 0 Å². The van der Waals surface area contributed by atoms with Crippen LogP contribution in [0.5, 0.6) is 5.75 Å². The van der Waals surface area contributed by atoms with Gasteiger partial charge in [0.15, 0.2) is 0 Å². The van der Waals surface area contributed by atoms with Crippen LogP contribution in [0.15, 0.2) is 36.4 Å². The molecule has 0 spiro atoms. The summed E-state index contributed by atoms with van der Waals surface area (Å²) in [4.78, 5) is 21.2. The zero-order valence-corrected chi connectivity index (χ0v) is 7.68. The molecule has 0 saturated carbocycles. The molecule has 0 heterocycles. The molecule has 5 heteroatoms. The van der Waals surface area contributed by atoms with Gasteiger partial charge in [0.2, 0.25) is 5.91 Å². The fourth-order valence-corrected chi connectivity index (χ4v) is 0.901. The van der Waals surface area contributed by atoms with E-state index in [-0.39, 0.29) is 11.4 Å². The first-order valence-corrected chi connectivity index (χ1v) is 4.09. The van der Waals surface area contributed by atoms with Crippen molar-refractivity contribution in [3.05, 3.63) is 36.4 Å². The molecule has 0 saturated heterocycles. The average Bonchev–Trinajstić information content (AvgIpc) is 2.18. The Hall–Kier alpha value is -2.30. The lowest BCUT2D eigenvalue weighted by Gasteiger charge is -2.03. The average molecular weight is 207 g/mol. The van der Waals surface area contributed by atoms with Gasteiger partial charge in [0.1, 0.15) is 5.75 Å². The lowest BCUT2D eigenvalue weighted by atomic mass is 10.3. The number of aromatic hydroxyl groups is 1. The van der Waals surface area contributed by atoms with Crippen LogP contribution in [0.2, 0.25) is 0 Å². The maximum atomic E-state index is 11.1. The number of carbonyl (C=O) groups is 2. The smallest absolute Gasteiger partial charge is 0.328 e. The summed E-state index contributed by atoms with van der Waals surface area (Å²) in [5, 5.41) is 19.9. The summed E-state index contributed by atoms with van der Waals surface area (Å²) in [5.74, 6) is -1.89. The Bertz CT molecular complexity index is 412. The number of hydrogen-bond acceptors (Lipinski definition) is 3. The van der Waals surface area contributed by atoms with Crippen LogP contribution >= 0.6 is 0 Å². The fraction of sp³-hybridized carbons (Fsp3) is 0. The number of nitrogens with one attached hydrogen (secondary N) is 1. The molecular formula is C10H9NO4. The standard InChI is InChI=1S/C10H9NO4/c12-8-4-2-1-3-7(8)11-9(13)5-6-10(14)15/h1-6,12H,(H,11,13)(H,14,15)/b6-5-. The number of rotatable bonds is 3. The summed E-state index contributed by atoms with van der Waals surface area (Å²) < 4.78 is 0. The first-order valence-electron chi connectivity index (χ1n) is 4.09. The van der Waals surface area contributed by atoms with Crippen molar-refractivity contribution in [1.29, 1.82) is 0 Å². The van der Waals surface area contributed by atoms with E-state index in [9.17, 15) is 14.7 Å². The minimum absolute atomic E-state index is 0.0745. The zero-order chi connectivity index (χ0) is 11.3. The van der Waals surface area contributed by atoms with Gasteiger partial charge in [-0.05, 0) is 12.1 Å². The number of amides is 1. The van der Waals surface area contributed by atoms with Gasteiger partial charge in [0.05, 0.1) is 5.69 Å². The largest absolute Gasteiger partial charge is 0.506 e. The van der Waals surface area contributed by atoms with Crippen molar-refractivity contribution in [2.24, 2.45) is 0 Å². The summed E-state index contributed by atoms with van der Waals surface area (Å²) in [7, 11) is 0. The van der Waals surface area contributed by atoms with Gasteiger partial charge in [-0.1, -0.05) is 12.1 Å². The molecule has 0 aliphatic heterocycles. The summed E-state index contributed by atoms with van der Waals surface area (Å²) in [5.41, 5.74) is 0.234. The lowest BCUT2D eigenvalue weighted by molar-refractivity contribution is -0.131. The Morgan fingerprint density at radius 3 is 2.47 bits per heavy atom. The fourth-order valence-electron chi connectivity index (χ4n) is 0.901. The van der Waals surface area contributed by atoms with Crippen molar-refractivity contribution in [1.82, 2.24) is 0 Å². The van der Waals surface area contributed by atoms with Crippen LogP contribution in [-0.4, -0.2) is 22.1 Å². The Morgan fingerprint density at radius 2 is 1.87 bits per heavy atom. The van der Waals surface area contributed by atoms with Crippen molar-refractivity contribution in [3.8, 4) is 5.75 Å². The van der Waals surface area contributed by atoms with E-state index in [2.05, 4.69) is 5.32 Å². The lowest BCUT2D eigenvalue weighted by Crippen LogP contribution is -2.08. The number of aliphatic carboxylic acids is 1. The number of hydrogen-bond donors (Lipinski definition) is 3. The van der Waals surface area contributed by atoms with Gasteiger partial charge in [-0.2, -0.15) is 0 Å². The van der Waals surface area contributed by atoms with E-state index in [1.54, 1.807) is 12.1 Å². The number of carboxylic acid groups (broad SMARTS) is 1. The predicted octanol–water partition coefficient (Wildman–Crippen LogP) is 0.971. The highest BCUT2D eigenvalue weighted by Gasteiger charge is 2.02. The molecule has 0 aliphatic rings. The molecule has 1 amide bonds. The molecule has 1 aromatic carbocycles. The predicted molar refractivity (Wildman–Crippen MR) is 53.5 cm³/mol. The maximum Gasteiger partial charge on any atom is 0.328 e. The SMILES string of the molecule is O=C(O)/C=C\C(=O)Nc1ccccc1O. The molecule has 15 heavy (non-hydrogen) atoms. The molecule has 0 aliphatic carbocycles. The van der Waals surface area contributed by atoms with Crippen molar-refractivity contribution in [3.63, 3.8) is 0 Å². The quantitative estimate of drug-likeness (QED) is 0.509. The molecular weight excluding hydrogens is 198 g/mol. The Morgan fingerprint density at radius 1 is 1.20 bits per heavy atom. The highest BCUT2D eigenvalue weighted by atomic mass is 16.4. The van der Waals surface area contributed by atoms with Gasteiger partial charge in [-0.3, -0.25) is 4.79 Å². The Kier molecular flexibility index (Phi) is 3.45. The van der Waals surface area contributed by atoms with Gasteiger partial charge in [-0.15, -0.1) is 0 Å². The number of benzene rings is 1. The summed E-state index contributed by atoms with van der Waals surface area (Å²) >= 11 is 0. The van der Waals surface area contributed by atoms with E-state index >= 15 is 0 Å². The Labute approximate surface area is 85.7 Å². The van der Waals surface area contributed by atoms with E-state index < -0.39 is 11.9 Å². The first-order chi connectivity index (χ1) is 7.09. The summed E-state index contributed by atoms with van der Waals surface area (Å²) in [6.45, 7) is 0. The van der Waals surface area contributed by atoms with E-state index in [4.69, 9.17) is 5.11 Å². The van der Waals surface area contributed by atoms with Crippen molar-refractivity contribution in [2.75, 3.05) is 5.32 Å². The third kappa shape index (κ3) is 3.51. The number of para-hydroxylation sites is 2. The first kappa shape index (κ1) is 10.8. The van der Waals surface area contributed by atoms with Gasteiger partial charge < -0.3 is 15.5 Å². The van der Waals surface area contributed by atoms with Crippen LogP contribution in [0.3, 0.4) is 0 Å². The molecule has 0 bridgehead atoms. The van der Waals surface area contributed by atoms with Gasteiger partial charge >= 0.3 is 5.97 Å². The van der Waals surface area contributed by atoms with E-state index in [1.807, 2.05) is 0 Å². The summed E-state index contributed by atoms with van der Waals surface area (Å²) in [6, 6.07) is 6.16. The van der Waals surface area contributed by atoms with Crippen molar-refractivity contribution in [2.45, 2.75) is 0 Å². The van der Waals surface area contributed by atoms with Crippen molar-refractivity contribution >= 4 is 17.6 Å². The molecule has 0 unspecified atom stereocenters. The maximum absolute atomic E-state index is 11.1. The zero-order valence-electron chi connectivity index (χ0n) is 7.68. The Balaban J connectivity index is 2.67. The molecule has 0 fully saturated rings. The number of phenolic OH excluding ortho intramolecular Hbond substituents is 1. The molecule has 1 aromatic rings.